The molecule has 1 atom stereocenters. The highest BCUT2D eigenvalue weighted by Gasteiger charge is 2.24. The van der Waals surface area contributed by atoms with E-state index in [1.54, 1.807) is 17.0 Å². The predicted molar refractivity (Wildman–Crippen MR) is 74.7 cm³/mol. The van der Waals surface area contributed by atoms with Crippen LogP contribution in [0.3, 0.4) is 0 Å². The van der Waals surface area contributed by atoms with Gasteiger partial charge >= 0.3 is 0 Å². The summed E-state index contributed by atoms with van der Waals surface area (Å²) in [5, 5.41) is 0. The number of halogens is 2. The monoisotopic (exact) mass is 329 g/mol. The van der Waals surface area contributed by atoms with Crippen molar-refractivity contribution in [3.05, 3.63) is 34.1 Å². The number of hydrogen-bond acceptors (Lipinski definition) is 2. The SMILES string of the molecule is CCN(CC1CCCO1)C(=O)c1cccc(Br)c1F. The van der Waals surface area contributed by atoms with E-state index in [1.165, 1.54) is 6.07 Å². The molecule has 104 valence electrons. The van der Waals surface area contributed by atoms with Crippen LogP contribution in [-0.4, -0.2) is 36.6 Å². The number of likely N-dealkylation sites (N-methyl/N-ethyl adjacent to an activating group) is 1. The molecule has 1 aromatic rings. The maximum atomic E-state index is 13.9. The summed E-state index contributed by atoms with van der Waals surface area (Å²) in [4.78, 5) is 14.0. The summed E-state index contributed by atoms with van der Waals surface area (Å²) in [5.74, 6) is -0.782. The summed E-state index contributed by atoms with van der Waals surface area (Å²) >= 11 is 3.10. The number of rotatable bonds is 4. The summed E-state index contributed by atoms with van der Waals surface area (Å²) in [7, 11) is 0. The van der Waals surface area contributed by atoms with Gasteiger partial charge in [-0.15, -0.1) is 0 Å². The maximum Gasteiger partial charge on any atom is 0.256 e. The van der Waals surface area contributed by atoms with Gasteiger partial charge in [-0.05, 0) is 47.8 Å². The molecule has 2 rings (SSSR count). The highest BCUT2D eigenvalue weighted by molar-refractivity contribution is 9.10. The Bertz CT molecular complexity index is 461. The van der Waals surface area contributed by atoms with Gasteiger partial charge in [0.2, 0.25) is 0 Å². The van der Waals surface area contributed by atoms with Gasteiger partial charge in [0.1, 0.15) is 5.82 Å². The minimum Gasteiger partial charge on any atom is -0.376 e. The summed E-state index contributed by atoms with van der Waals surface area (Å²) < 4.78 is 19.8. The van der Waals surface area contributed by atoms with Crippen LogP contribution >= 0.6 is 15.9 Å². The summed E-state index contributed by atoms with van der Waals surface area (Å²) in [5.41, 5.74) is 0.106. The normalized spacial score (nSPS) is 18.6. The fraction of sp³-hybridized carbons (Fsp3) is 0.500. The molecule has 1 saturated heterocycles. The fourth-order valence-electron chi connectivity index (χ4n) is 2.23. The molecule has 0 saturated carbocycles. The Morgan fingerprint density at radius 1 is 1.58 bits per heavy atom. The van der Waals surface area contributed by atoms with Crippen molar-refractivity contribution in [2.75, 3.05) is 19.7 Å². The first kappa shape index (κ1) is 14.5. The van der Waals surface area contributed by atoms with Gasteiger partial charge in [-0.2, -0.15) is 0 Å². The van der Waals surface area contributed by atoms with Gasteiger partial charge in [-0.3, -0.25) is 4.79 Å². The summed E-state index contributed by atoms with van der Waals surface area (Å²) in [6, 6.07) is 4.77. The second kappa shape index (κ2) is 6.48. The number of hydrogen-bond donors (Lipinski definition) is 0. The van der Waals surface area contributed by atoms with Crippen LogP contribution in [-0.2, 0) is 4.74 Å². The fourth-order valence-corrected chi connectivity index (χ4v) is 2.60. The standard InChI is InChI=1S/C14H17BrFNO2/c1-2-17(9-10-5-4-8-19-10)14(18)11-6-3-7-12(15)13(11)16/h3,6-7,10H,2,4-5,8-9H2,1H3. The Morgan fingerprint density at radius 2 is 2.37 bits per heavy atom. The van der Waals surface area contributed by atoms with E-state index < -0.39 is 5.82 Å². The van der Waals surface area contributed by atoms with Gasteiger partial charge in [-0.1, -0.05) is 6.07 Å². The topological polar surface area (TPSA) is 29.5 Å². The molecular weight excluding hydrogens is 313 g/mol. The van der Waals surface area contributed by atoms with E-state index in [-0.39, 0.29) is 17.6 Å². The molecule has 0 N–H and O–H groups in total. The number of amides is 1. The van der Waals surface area contributed by atoms with E-state index in [9.17, 15) is 9.18 Å². The molecule has 5 heteroatoms. The first-order chi connectivity index (χ1) is 9.13. The van der Waals surface area contributed by atoms with Crippen molar-refractivity contribution in [1.82, 2.24) is 4.90 Å². The number of nitrogens with zero attached hydrogens (tertiary/aromatic N) is 1. The number of benzene rings is 1. The summed E-state index contributed by atoms with van der Waals surface area (Å²) in [6.45, 7) is 3.72. The van der Waals surface area contributed by atoms with Crippen molar-refractivity contribution in [2.24, 2.45) is 0 Å². The van der Waals surface area contributed by atoms with E-state index in [2.05, 4.69) is 15.9 Å². The molecule has 19 heavy (non-hydrogen) atoms. The van der Waals surface area contributed by atoms with Crippen LogP contribution in [0.5, 0.6) is 0 Å². The van der Waals surface area contributed by atoms with E-state index in [1.807, 2.05) is 6.92 Å². The molecule has 0 radical (unpaired) electrons. The second-order valence-corrected chi connectivity index (χ2v) is 5.43. The number of carbonyl (C=O) groups is 1. The zero-order chi connectivity index (χ0) is 13.8. The third-order valence-corrected chi connectivity index (χ3v) is 3.91. The lowest BCUT2D eigenvalue weighted by Crippen LogP contribution is -2.37. The van der Waals surface area contributed by atoms with Crippen molar-refractivity contribution in [3.63, 3.8) is 0 Å². The predicted octanol–water partition coefficient (Wildman–Crippen LogP) is 3.23. The van der Waals surface area contributed by atoms with Crippen molar-refractivity contribution in [1.29, 1.82) is 0 Å². The Hall–Kier alpha value is -0.940. The van der Waals surface area contributed by atoms with Gasteiger partial charge in [-0.25, -0.2) is 4.39 Å². The van der Waals surface area contributed by atoms with Gasteiger partial charge in [0, 0.05) is 19.7 Å². The van der Waals surface area contributed by atoms with E-state index in [0.717, 1.165) is 19.4 Å². The lowest BCUT2D eigenvalue weighted by molar-refractivity contribution is 0.0535. The van der Waals surface area contributed by atoms with Gasteiger partial charge in [0.15, 0.2) is 0 Å². The minimum atomic E-state index is -0.502. The molecule has 1 heterocycles. The Labute approximate surface area is 120 Å². The second-order valence-electron chi connectivity index (χ2n) is 4.58. The Kier molecular flexibility index (Phi) is 4.93. The number of ether oxygens (including phenoxy) is 1. The Morgan fingerprint density at radius 3 is 3.00 bits per heavy atom. The van der Waals surface area contributed by atoms with Crippen molar-refractivity contribution >= 4 is 21.8 Å². The van der Waals surface area contributed by atoms with Gasteiger partial charge in [0.05, 0.1) is 16.1 Å². The van der Waals surface area contributed by atoms with Crippen LogP contribution in [0.1, 0.15) is 30.1 Å². The lowest BCUT2D eigenvalue weighted by Gasteiger charge is -2.24. The molecule has 1 aliphatic heterocycles. The smallest absolute Gasteiger partial charge is 0.256 e. The van der Waals surface area contributed by atoms with E-state index in [0.29, 0.717) is 17.6 Å². The van der Waals surface area contributed by atoms with Crippen LogP contribution in [0.4, 0.5) is 4.39 Å². The quantitative estimate of drug-likeness (QED) is 0.848. The molecule has 0 spiro atoms. The van der Waals surface area contributed by atoms with Crippen LogP contribution in [0.15, 0.2) is 22.7 Å². The third kappa shape index (κ3) is 3.34. The van der Waals surface area contributed by atoms with Gasteiger partial charge in [0.25, 0.3) is 5.91 Å². The first-order valence-electron chi connectivity index (χ1n) is 6.48. The van der Waals surface area contributed by atoms with Crippen LogP contribution in [0.25, 0.3) is 0 Å². The summed E-state index contributed by atoms with van der Waals surface area (Å²) in [6.07, 6.45) is 2.07. The molecule has 0 aromatic heterocycles. The third-order valence-electron chi connectivity index (χ3n) is 3.30. The molecule has 1 amide bonds. The minimum absolute atomic E-state index is 0.0825. The zero-order valence-electron chi connectivity index (χ0n) is 10.9. The highest BCUT2D eigenvalue weighted by atomic mass is 79.9. The Balaban J connectivity index is 2.13. The molecule has 1 aliphatic rings. The molecule has 3 nitrogen and oxygen atoms in total. The molecule has 0 bridgehead atoms. The molecule has 1 unspecified atom stereocenters. The van der Waals surface area contributed by atoms with Crippen molar-refractivity contribution < 1.29 is 13.9 Å². The van der Waals surface area contributed by atoms with E-state index in [4.69, 9.17) is 4.74 Å². The van der Waals surface area contributed by atoms with Crippen LogP contribution in [0.2, 0.25) is 0 Å². The highest BCUT2D eigenvalue weighted by Crippen LogP contribution is 2.21. The average Bonchev–Trinajstić information content (AvgIpc) is 2.91. The molecule has 1 aromatic carbocycles. The maximum absolute atomic E-state index is 13.9. The molecule has 0 aliphatic carbocycles. The molecule has 1 fully saturated rings. The lowest BCUT2D eigenvalue weighted by atomic mass is 10.1. The van der Waals surface area contributed by atoms with E-state index >= 15 is 0 Å². The van der Waals surface area contributed by atoms with Crippen LogP contribution in [0, 0.1) is 5.82 Å². The largest absolute Gasteiger partial charge is 0.376 e. The first-order valence-corrected chi connectivity index (χ1v) is 7.27. The van der Waals surface area contributed by atoms with Crippen LogP contribution < -0.4 is 0 Å². The average molecular weight is 330 g/mol. The number of carbonyl (C=O) groups excluding carboxylic acids is 1. The van der Waals surface area contributed by atoms with Crippen molar-refractivity contribution in [3.8, 4) is 0 Å². The zero-order valence-corrected chi connectivity index (χ0v) is 12.5. The van der Waals surface area contributed by atoms with Gasteiger partial charge < -0.3 is 9.64 Å². The molecular formula is C14H17BrFNO2. The van der Waals surface area contributed by atoms with Crippen molar-refractivity contribution in [2.45, 2.75) is 25.9 Å².